The zero-order valence-electron chi connectivity index (χ0n) is 12.8. The lowest BCUT2D eigenvalue weighted by Gasteiger charge is -2.23. The first-order valence-corrected chi connectivity index (χ1v) is 7.05. The Balaban J connectivity index is 2.34. The summed E-state index contributed by atoms with van der Waals surface area (Å²) in [4.78, 5) is 2.04. The first-order valence-electron chi connectivity index (χ1n) is 7.05. The van der Waals surface area contributed by atoms with Crippen LogP contribution in [0, 0.1) is 0 Å². The van der Waals surface area contributed by atoms with Crippen molar-refractivity contribution in [3.63, 3.8) is 0 Å². The van der Waals surface area contributed by atoms with Crippen molar-refractivity contribution >= 4 is 17.1 Å². The van der Waals surface area contributed by atoms with Crippen molar-refractivity contribution < 1.29 is 9.47 Å². The number of hydrogen-bond donors (Lipinski definition) is 1. The van der Waals surface area contributed by atoms with Gasteiger partial charge >= 0.3 is 0 Å². The fourth-order valence-corrected chi connectivity index (χ4v) is 2.15. The standard InChI is InChI=1S/C17H22N2O2/c1-4-9-21-15-11-13(18)10-14(12-15)19(2)16-7-5-6-8-17(16)20-3/h5-8,10-12H,4,9,18H2,1-3H3. The number of nitrogen functional groups attached to an aromatic ring is 1. The van der Waals surface area contributed by atoms with E-state index in [4.69, 9.17) is 15.2 Å². The van der Waals surface area contributed by atoms with Gasteiger partial charge in [0.05, 0.1) is 19.4 Å². The third-order valence-electron chi connectivity index (χ3n) is 3.22. The van der Waals surface area contributed by atoms with Gasteiger partial charge in [-0.3, -0.25) is 0 Å². The van der Waals surface area contributed by atoms with E-state index in [1.165, 1.54) is 0 Å². The number of nitrogens with zero attached hydrogens (tertiary/aromatic N) is 1. The van der Waals surface area contributed by atoms with Gasteiger partial charge < -0.3 is 20.1 Å². The minimum absolute atomic E-state index is 0.681. The zero-order chi connectivity index (χ0) is 15.2. The van der Waals surface area contributed by atoms with E-state index in [-0.39, 0.29) is 0 Å². The van der Waals surface area contributed by atoms with Gasteiger partial charge in [-0.25, -0.2) is 0 Å². The predicted octanol–water partition coefficient (Wildman–Crippen LogP) is 3.83. The molecule has 0 atom stereocenters. The average molecular weight is 286 g/mol. The quantitative estimate of drug-likeness (QED) is 0.820. The molecule has 0 spiro atoms. The van der Waals surface area contributed by atoms with Crippen LogP contribution in [-0.2, 0) is 0 Å². The second kappa shape index (κ2) is 6.88. The van der Waals surface area contributed by atoms with E-state index in [9.17, 15) is 0 Å². The molecule has 112 valence electrons. The van der Waals surface area contributed by atoms with Crippen LogP contribution in [0.5, 0.6) is 11.5 Å². The van der Waals surface area contributed by atoms with Crippen molar-refractivity contribution in [2.75, 3.05) is 31.4 Å². The Morgan fingerprint density at radius 2 is 1.90 bits per heavy atom. The minimum Gasteiger partial charge on any atom is -0.495 e. The number of methoxy groups -OCH3 is 1. The summed E-state index contributed by atoms with van der Waals surface area (Å²) < 4.78 is 11.1. The number of rotatable bonds is 6. The fourth-order valence-electron chi connectivity index (χ4n) is 2.15. The highest BCUT2D eigenvalue weighted by Gasteiger charge is 2.11. The first kappa shape index (κ1) is 15.0. The number of ether oxygens (including phenoxy) is 2. The van der Waals surface area contributed by atoms with Gasteiger partial charge in [0.1, 0.15) is 11.5 Å². The van der Waals surface area contributed by atoms with E-state index >= 15 is 0 Å². The van der Waals surface area contributed by atoms with Crippen molar-refractivity contribution in [2.24, 2.45) is 0 Å². The zero-order valence-corrected chi connectivity index (χ0v) is 12.8. The first-order chi connectivity index (χ1) is 10.2. The molecule has 4 nitrogen and oxygen atoms in total. The molecule has 0 aliphatic carbocycles. The summed E-state index contributed by atoms with van der Waals surface area (Å²) in [5.74, 6) is 1.60. The van der Waals surface area contributed by atoms with Crippen LogP contribution in [0.25, 0.3) is 0 Å². The Hall–Kier alpha value is -2.36. The Morgan fingerprint density at radius 1 is 1.14 bits per heavy atom. The molecule has 2 rings (SSSR count). The summed E-state index contributed by atoms with van der Waals surface area (Å²) >= 11 is 0. The summed E-state index contributed by atoms with van der Waals surface area (Å²) in [6, 6.07) is 13.6. The Morgan fingerprint density at radius 3 is 2.62 bits per heavy atom. The van der Waals surface area contributed by atoms with E-state index in [2.05, 4.69) is 6.92 Å². The molecule has 0 bridgehead atoms. The number of hydrogen-bond acceptors (Lipinski definition) is 4. The van der Waals surface area contributed by atoms with Gasteiger partial charge in [0.2, 0.25) is 0 Å². The van der Waals surface area contributed by atoms with Crippen molar-refractivity contribution in [3.05, 3.63) is 42.5 Å². The smallest absolute Gasteiger partial charge is 0.142 e. The highest BCUT2D eigenvalue weighted by molar-refractivity contribution is 5.72. The van der Waals surface area contributed by atoms with Gasteiger partial charge in [-0.2, -0.15) is 0 Å². The third-order valence-corrected chi connectivity index (χ3v) is 3.22. The minimum atomic E-state index is 0.681. The van der Waals surface area contributed by atoms with Gasteiger partial charge in [-0.15, -0.1) is 0 Å². The lowest BCUT2D eigenvalue weighted by Crippen LogP contribution is -2.11. The highest BCUT2D eigenvalue weighted by Crippen LogP contribution is 2.34. The summed E-state index contributed by atoms with van der Waals surface area (Å²) in [7, 11) is 3.65. The topological polar surface area (TPSA) is 47.7 Å². The molecule has 21 heavy (non-hydrogen) atoms. The van der Waals surface area contributed by atoms with Crippen LogP contribution in [0.2, 0.25) is 0 Å². The van der Waals surface area contributed by atoms with Gasteiger partial charge in [0.15, 0.2) is 0 Å². The van der Waals surface area contributed by atoms with Crippen LogP contribution in [0.3, 0.4) is 0 Å². The van der Waals surface area contributed by atoms with Gasteiger partial charge in [0.25, 0.3) is 0 Å². The number of nitrogens with two attached hydrogens (primary N) is 1. The normalized spacial score (nSPS) is 10.2. The second-order valence-electron chi connectivity index (χ2n) is 4.84. The number of para-hydroxylation sites is 2. The molecule has 0 saturated carbocycles. The molecule has 0 saturated heterocycles. The molecule has 2 aromatic rings. The second-order valence-corrected chi connectivity index (χ2v) is 4.84. The summed E-state index contributed by atoms with van der Waals surface area (Å²) in [5, 5.41) is 0. The average Bonchev–Trinajstić information content (AvgIpc) is 2.51. The molecule has 4 heteroatoms. The van der Waals surface area contributed by atoms with Crippen LogP contribution in [-0.4, -0.2) is 20.8 Å². The molecular weight excluding hydrogens is 264 g/mol. The maximum Gasteiger partial charge on any atom is 0.142 e. The fraction of sp³-hybridized carbons (Fsp3) is 0.294. The van der Waals surface area contributed by atoms with E-state index in [1.807, 2.05) is 54.4 Å². The lowest BCUT2D eigenvalue weighted by molar-refractivity contribution is 0.317. The molecule has 2 aromatic carbocycles. The molecule has 0 radical (unpaired) electrons. The number of benzene rings is 2. The van der Waals surface area contributed by atoms with Crippen LogP contribution >= 0.6 is 0 Å². The summed E-state index contributed by atoms with van der Waals surface area (Å²) in [5.41, 5.74) is 8.60. The Kier molecular flexibility index (Phi) is 4.93. The van der Waals surface area contributed by atoms with Gasteiger partial charge in [0, 0.05) is 30.6 Å². The molecule has 0 fully saturated rings. The van der Waals surface area contributed by atoms with Crippen molar-refractivity contribution in [1.29, 1.82) is 0 Å². The molecule has 0 aromatic heterocycles. The predicted molar refractivity (Wildman–Crippen MR) is 87.7 cm³/mol. The SMILES string of the molecule is CCCOc1cc(N)cc(N(C)c2ccccc2OC)c1. The molecule has 0 aliphatic heterocycles. The Labute approximate surface area is 126 Å². The summed E-state index contributed by atoms with van der Waals surface area (Å²) in [6.45, 7) is 2.76. The van der Waals surface area contributed by atoms with E-state index in [0.29, 0.717) is 12.3 Å². The van der Waals surface area contributed by atoms with Gasteiger partial charge in [-0.05, 0) is 24.6 Å². The molecule has 0 unspecified atom stereocenters. The molecule has 2 N–H and O–H groups in total. The highest BCUT2D eigenvalue weighted by atomic mass is 16.5. The molecule has 0 amide bonds. The van der Waals surface area contributed by atoms with E-state index < -0.39 is 0 Å². The van der Waals surface area contributed by atoms with Crippen molar-refractivity contribution in [2.45, 2.75) is 13.3 Å². The molecule has 0 heterocycles. The Bertz CT molecular complexity index is 599. The van der Waals surface area contributed by atoms with Crippen LogP contribution in [0.1, 0.15) is 13.3 Å². The molecule has 0 aliphatic rings. The maximum absolute atomic E-state index is 5.98. The van der Waals surface area contributed by atoms with E-state index in [0.717, 1.165) is 29.3 Å². The van der Waals surface area contributed by atoms with Crippen molar-refractivity contribution in [1.82, 2.24) is 0 Å². The summed E-state index contributed by atoms with van der Waals surface area (Å²) in [6.07, 6.45) is 0.965. The van der Waals surface area contributed by atoms with E-state index in [1.54, 1.807) is 7.11 Å². The monoisotopic (exact) mass is 286 g/mol. The van der Waals surface area contributed by atoms with Gasteiger partial charge in [-0.1, -0.05) is 19.1 Å². The van der Waals surface area contributed by atoms with Crippen LogP contribution in [0.15, 0.2) is 42.5 Å². The van der Waals surface area contributed by atoms with Crippen LogP contribution < -0.4 is 20.1 Å². The van der Waals surface area contributed by atoms with Crippen molar-refractivity contribution in [3.8, 4) is 11.5 Å². The maximum atomic E-state index is 5.98. The largest absolute Gasteiger partial charge is 0.495 e. The lowest BCUT2D eigenvalue weighted by atomic mass is 10.2. The number of anilines is 3. The molecular formula is C17H22N2O2. The van der Waals surface area contributed by atoms with Crippen LogP contribution in [0.4, 0.5) is 17.1 Å². The third kappa shape index (κ3) is 3.60.